The highest BCUT2D eigenvalue weighted by molar-refractivity contribution is 8.00. The average Bonchev–Trinajstić information content (AvgIpc) is 2.83. The SMILES string of the molecule is COc1ccc(NC(=O)CSc2nnc(-c3ccc(F)cc3)c3ccccc23)cc1OC. The molecule has 0 fully saturated rings. The van der Waals surface area contributed by atoms with Crippen LogP contribution in [0.1, 0.15) is 0 Å². The zero-order valence-corrected chi connectivity index (χ0v) is 18.3. The Balaban J connectivity index is 1.52. The second-order valence-corrected chi connectivity index (χ2v) is 7.78. The van der Waals surface area contributed by atoms with Gasteiger partial charge < -0.3 is 14.8 Å². The third kappa shape index (κ3) is 4.65. The molecule has 3 aromatic carbocycles. The Hall–Kier alpha value is -3.65. The number of nitrogens with one attached hydrogen (secondary N) is 1. The quantitative estimate of drug-likeness (QED) is 0.392. The van der Waals surface area contributed by atoms with Gasteiger partial charge in [0.15, 0.2) is 11.5 Å². The van der Waals surface area contributed by atoms with Crippen molar-refractivity contribution in [3.05, 3.63) is 72.5 Å². The molecule has 4 aromatic rings. The number of halogens is 1. The van der Waals surface area contributed by atoms with Crippen molar-refractivity contribution in [2.24, 2.45) is 0 Å². The molecule has 4 rings (SSSR count). The standard InChI is InChI=1S/C24H20FN3O3S/c1-30-20-12-11-17(13-21(20)31-2)26-22(29)14-32-24-19-6-4-3-5-18(19)23(27-28-24)15-7-9-16(25)10-8-15/h3-13H,14H2,1-2H3,(H,26,29). The van der Waals surface area contributed by atoms with E-state index in [0.717, 1.165) is 16.3 Å². The number of hydrogen-bond donors (Lipinski definition) is 1. The molecule has 162 valence electrons. The fourth-order valence-electron chi connectivity index (χ4n) is 3.25. The highest BCUT2D eigenvalue weighted by Crippen LogP contribution is 2.32. The number of benzene rings is 3. The lowest BCUT2D eigenvalue weighted by molar-refractivity contribution is -0.113. The largest absolute Gasteiger partial charge is 0.493 e. The van der Waals surface area contributed by atoms with Gasteiger partial charge >= 0.3 is 0 Å². The number of rotatable bonds is 7. The number of ether oxygens (including phenoxy) is 2. The highest BCUT2D eigenvalue weighted by Gasteiger charge is 2.14. The van der Waals surface area contributed by atoms with Crippen molar-refractivity contribution in [2.75, 3.05) is 25.3 Å². The first-order valence-electron chi connectivity index (χ1n) is 9.75. The summed E-state index contributed by atoms with van der Waals surface area (Å²) in [6.07, 6.45) is 0. The van der Waals surface area contributed by atoms with Crippen molar-refractivity contribution in [2.45, 2.75) is 5.03 Å². The van der Waals surface area contributed by atoms with E-state index in [-0.39, 0.29) is 17.5 Å². The van der Waals surface area contributed by atoms with E-state index in [1.54, 1.807) is 44.6 Å². The summed E-state index contributed by atoms with van der Waals surface area (Å²) in [5, 5.41) is 14.0. The smallest absolute Gasteiger partial charge is 0.234 e. The number of methoxy groups -OCH3 is 2. The lowest BCUT2D eigenvalue weighted by Crippen LogP contribution is -2.14. The molecule has 0 aliphatic rings. The van der Waals surface area contributed by atoms with E-state index in [2.05, 4.69) is 15.5 Å². The van der Waals surface area contributed by atoms with Crippen LogP contribution in [0.5, 0.6) is 11.5 Å². The first kappa shape index (κ1) is 21.6. The summed E-state index contributed by atoms with van der Waals surface area (Å²) < 4.78 is 23.8. The van der Waals surface area contributed by atoms with E-state index in [9.17, 15) is 9.18 Å². The third-order valence-corrected chi connectivity index (χ3v) is 5.76. The number of thioether (sulfide) groups is 1. The number of carbonyl (C=O) groups excluding carboxylic acids is 1. The van der Waals surface area contributed by atoms with Crippen LogP contribution in [0.3, 0.4) is 0 Å². The van der Waals surface area contributed by atoms with Crippen LogP contribution in [0.25, 0.3) is 22.0 Å². The average molecular weight is 450 g/mol. The van der Waals surface area contributed by atoms with Gasteiger partial charge in [-0.15, -0.1) is 10.2 Å². The molecule has 0 radical (unpaired) electrons. The molecule has 0 atom stereocenters. The number of nitrogens with zero attached hydrogens (tertiary/aromatic N) is 2. The second-order valence-electron chi connectivity index (χ2n) is 6.81. The Bertz CT molecular complexity index is 1270. The van der Waals surface area contributed by atoms with Gasteiger partial charge in [-0.2, -0.15) is 0 Å². The Kier molecular flexibility index (Phi) is 6.51. The minimum absolute atomic E-state index is 0.156. The first-order valence-corrected chi connectivity index (χ1v) is 10.7. The maximum Gasteiger partial charge on any atom is 0.234 e. The molecule has 1 N–H and O–H groups in total. The summed E-state index contributed by atoms with van der Waals surface area (Å²) in [6, 6.07) is 19.0. The fourth-order valence-corrected chi connectivity index (χ4v) is 4.02. The maximum atomic E-state index is 13.3. The molecule has 1 heterocycles. The Labute approximate surface area is 188 Å². The molecule has 0 aliphatic heterocycles. The Morgan fingerprint density at radius 1 is 0.938 bits per heavy atom. The zero-order valence-electron chi connectivity index (χ0n) is 17.5. The molecule has 32 heavy (non-hydrogen) atoms. The predicted octanol–water partition coefficient (Wildman–Crippen LogP) is 5.18. The summed E-state index contributed by atoms with van der Waals surface area (Å²) >= 11 is 1.30. The molecule has 0 spiro atoms. The van der Waals surface area contributed by atoms with Gasteiger partial charge in [0, 0.05) is 28.1 Å². The molecule has 0 saturated carbocycles. The van der Waals surface area contributed by atoms with Crippen molar-refractivity contribution < 1.29 is 18.7 Å². The van der Waals surface area contributed by atoms with E-state index in [0.29, 0.717) is 27.9 Å². The van der Waals surface area contributed by atoms with Crippen LogP contribution in [0.15, 0.2) is 71.8 Å². The summed E-state index contributed by atoms with van der Waals surface area (Å²) in [6.45, 7) is 0. The monoisotopic (exact) mass is 449 g/mol. The van der Waals surface area contributed by atoms with Crippen LogP contribution in [-0.2, 0) is 4.79 Å². The number of fused-ring (bicyclic) bond motifs is 1. The van der Waals surface area contributed by atoms with Gasteiger partial charge in [0.2, 0.25) is 5.91 Å². The molecular weight excluding hydrogens is 429 g/mol. The van der Waals surface area contributed by atoms with Crippen molar-refractivity contribution in [3.8, 4) is 22.8 Å². The summed E-state index contributed by atoms with van der Waals surface area (Å²) in [7, 11) is 3.10. The molecule has 0 aliphatic carbocycles. The van der Waals surface area contributed by atoms with Gasteiger partial charge in [-0.1, -0.05) is 36.0 Å². The minimum Gasteiger partial charge on any atom is -0.493 e. The Morgan fingerprint density at radius 2 is 1.66 bits per heavy atom. The third-order valence-electron chi connectivity index (χ3n) is 4.78. The van der Waals surface area contributed by atoms with E-state index < -0.39 is 0 Å². The first-order chi connectivity index (χ1) is 15.6. The molecule has 1 aromatic heterocycles. The van der Waals surface area contributed by atoms with Crippen molar-refractivity contribution in [3.63, 3.8) is 0 Å². The number of carbonyl (C=O) groups is 1. The van der Waals surface area contributed by atoms with Crippen molar-refractivity contribution in [1.82, 2.24) is 10.2 Å². The van der Waals surface area contributed by atoms with Crippen LogP contribution in [0.4, 0.5) is 10.1 Å². The molecule has 0 bridgehead atoms. The number of amides is 1. The minimum atomic E-state index is -0.307. The second kappa shape index (κ2) is 9.65. The zero-order chi connectivity index (χ0) is 22.5. The maximum absolute atomic E-state index is 13.3. The van der Waals surface area contributed by atoms with E-state index in [1.807, 2.05) is 24.3 Å². The normalized spacial score (nSPS) is 10.7. The molecular formula is C24H20FN3O3S. The van der Waals surface area contributed by atoms with Crippen molar-refractivity contribution >= 4 is 34.1 Å². The highest BCUT2D eigenvalue weighted by atomic mass is 32.2. The summed E-state index contributed by atoms with van der Waals surface area (Å²) in [5.41, 5.74) is 2.05. The van der Waals surface area contributed by atoms with Crippen molar-refractivity contribution in [1.29, 1.82) is 0 Å². The van der Waals surface area contributed by atoms with Crippen LogP contribution >= 0.6 is 11.8 Å². The number of anilines is 1. The number of aromatic nitrogens is 2. The van der Waals surface area contributed by atoms with Gasteiger partial charge in [-0.3, -0.25) is 4.79 Å². The lowest BCUT2D eigenvalue weighted by atomic mass is 10.1. The number of hydrogen-bond acceptors (Lipinski definition) is 6. The lowest BCUT2D eigenvalue weighted by Gasteiger charge is -2.11. The molecule has 0 saturated heterocycles. The molecule has 6 nitrogen and oxygen atoms in total. The molecule has 1 amide bonds. The predicted molar refractivity (Wildman–Crippen MR) is 124 cm³/mol. The van der Waals surface area contributed by atoms with Crippen LogP contribution in [0.2, 0.25) is 0 Å². The van der Waals surface area contributed by atoms with E-state index in [1.165, 1.54) is 23.9 Å². The van der Waals surface area contributed by atoms with Crippen LogP contribution in [0, 0.1) is 5.82 Å². The van der Waals surface area contributed by atoms with Gasteiger partial charge in [0.05, 0.1) is 20.0 Å². The van der Waals surface area contributed by atoms with E-state index >= 15 is 0 Å². The molecule has 8 heteroatoms. The van der Waals surface area contributed by atoms with Crippen LogP contribution < -0.4 is 14.8 Å². The molecule has 0 unspecified atom stereocenters. The van der Waals surface area contributed by atoms with Gasteiger partial charge in [0.1, 0.15) is 16.5 Å². The van der Waals surface area contributed by atoms with Crippen LogP contribution in [-0.4, -0.2) is 36.1 Å². The topological polar surface area (TPSA) is 73.3 Å². The van der Waals surface area contributed by atoms with Gasteiger partial charge in [-0.25, -0.2) is 4.39 Å². The summed E-state index contributed by atoms with van der Waals surface area (Å²) in [5.74, 6) is 0.784. The van der Waals surface area contributed by atoms with Gasteiger partial charge in [0.25, 0.3) is 0 Å². The van der Waals surface area contributed by atoms with E-state index in [4.69, 9.17) is 9.47 Å². The Morgan fingerprint density at radius 3 is 2.38 bits per heavy atom. The fraction of sp³-hybridized carbons (Fsp3) is 0.125. The summed E-state index contributed by atoms with van der Waals surface area (Å²) in [4.78, 5) is 12.5. The van der Waals surface area contributed by atoms with Gasteiger partial charge in [-0.05, 0) is 36.4 Å².